The van der Waals surface area contributed by atoms with Crippen LogP contribution in [-0.2, 0) is 4.79 Å². The number of hydrogen-bond acceptors (Lipinski definition) is 2. The summed E-state index contributed by atoms with van der Waals surface area (Å²) in [7, 11) is 0. The molecule has 3 N–H and O–H groups in total. The summed E-state index contributed by atoms with van der Waals surface area (Å²) in [6, 6.07) is 5.88. The van der Waals surface area contributed by atoms with Crippen LogP contribution in [0.4, 0.5) is 10.1 Å². The first-order chi connectivity index (χ1) is 6.62. The van der Waals surface area contributed by atoms with Gasteiger partial charge in [0.2, 0.25) is 5.91 Å². The maximum absolute atomic E-state index is 12.6. The van der Waals surface area contributed by atoms with Gasteiger partial charge in [0, 0.05) is 5.69 Å². The van der Waals surface area contributed by atoms with Gasteiger partial charge in [0.15, 0.2) is 0 Å². The Hall–Kier alpha value is -1.58. The summed E-state index contributed by atoms with van der Waals surface area (Å²) in [5.41, 5.74) is 5.37. The number of primary amides is 1. The van der Waals surface area contributed by atoms with Gasteiger partial charge in [0.05, 0.1) is 0 Å². The van der Waals surface area contributed by atoms with Crippen molar-refractivity contribution in [3.05, 3.63) is 30.1 Å². The van der Waals surface area contributed by atoms with E-state index in [1.807, 2.05) is 0 Å². The maximum atomic E-state index is 12.6. The Kier molecular flexibility index (Phi) is 1.91. The Morgan fingerprint density at radius 1 is 1.36 bits per heavy atom. The van der Waals surface area contributed by atoms with Gasteiger partial charge >= 0.3 is 0 Å². The molecule has 1 saturated carbocycles. The minimum atomic E-state index is -0.585. The van der Waals surface area contributed by atoms with E-state index in [0.717, 1.165) is 18.5 Å². The topological polar surface area (TPSA) is 55.1 Å². The molecule has 1 amide bonds. The molecule has 0 atom stereocenters. The Balaban J connectivity index is 2.11. The summed E-state index contributed by atoms with van der Waals surface area (Å²) in [5, 5.41) is 3.01. The van der Waals surface area contributed by atoms with Crippen molar-refractivity contribution in [2.75, 3.05) is 5.32 Å². The molecule has 1 aromatic carbocycles. The Labute approximate surface area is 81.1 Å². The van der Waals surface area contributed by atoms with Crippen molar-refractivity contribution in [2.45, 2.75) is 18.4 Å². The molecule has 0 saturated heterocycles. The Morgan fingerprint density at radius 2 is 1.93 bits per heavy atom. The summed E-state index contributed by atoms with van der Waals surface area (Å²) in [4.78, 5) is 11.0. The fraction of sp³-hybridized carbons (Fsp3) is 0.300. The van der Waals surface area contributed by atoms with Crippen LogP contribution in [0.5, 0.6) is 0 Å². The molecule has 1 fully saturated rings. The molecule has 0 unspecified atom stereocenters. The van der Waals surface area contributed by atoms with E-state index in [1.165, 1.54) is 12.1 Å². The molecule has 0 radical (unpaired) electrons. The average molecular weight is 194 g/mol. The third-order valence-corrected chi connectivity index (χ3v) is 2.45. The van der Waals surface area contributed by atoms with Gasteiger partial charge in [-0.1, -0.05) is 0 Å². The lowest BCUT2D eigenvalue weighted by molar-refractivity contribution is -0.119. The summed E-state index contributed by atoms with van der Waals surface area (Å²) < 4.78 is 12.6. The zero-order valence-corrected chi connectivity index (χ0v) is 7.59. The van der Waals surface area contributed by atoms with Crippen LogP contribution in [0.15, 0.2) is 24.3 Å². The number of halogens is 1. The average Bonchev–Trinajstić information content (AvgIpc) is 2.90. The van der Waals surface area contributed by atoms with E-state index in [0.29, 0.717) is 0 Å². The monoisotopic (exact) mass is 194 g/mol. The number of anilines is 1. The molecule has 0 aromatic heterocycles. The van der Waals surface area contributed by atoms with Crippen LogP contribution in [0.3, 0.4) is 0 Å². The summed E-state index contributed by atoms with van der Waals surface area (Å²) in [6.45, 7) is 0. The van der Waals surface area contributed by atoms with Gasteiger partial charge in [-0.15, -0.1) is 0 Å². The second-order valence-electron chi connectivity index (χ2n) is 3.58. The first kappa shape index (κ1) is 8.99. The van der Waals surface area contributed by atoms with Crippen LogP contribution in [0.1, 0.15) is 12.8 Å². The molecule has 1 aromatic rings. The molecule has 3 nitrogen and oxygen atoms in total. The van der Waals surface area contributed by atoms with Gasteiger partial charge in [0.1, 0.15) is 11.4 Å². The van der Waals surface area contributed by atoms with Crippen molar-refractivity contribution < 1.29 is 9.18 Å². The third-order valence-electron chi connectivity index (χ3n) is 2.45. The van der Waals surface area contributed by atoms with Crippen molar-refractivity contribution in [1.82, 2.24) is 0 Å². The van der Waals surface area contributed by atoms with E-state index in [-0.39, 0.29) is 11.7 Å². The zero-order valence-electron chi connectivity index (χ0n) is 7.59. The van der Waals surface area contributed by atoms with E-state index in [4.69, 9.17) is 5.73 Å². The lowest BCUT2D eigenvalue weighted by atomic mass is 10.2. The number of carbonyl (C=O) groups is 1. The highest BCUT2D eigenvalue weighted by molar-refractivity contribution is 5.91. The molecular weight excluding hydrogens is 183 g/mol. The predicted octanol–water partition coefficient (Wildman–Crippen LogP) is 1.26. The van der Waals surface area contributed by atoms with Gasteiger partial charge in [-0.05, 0) is 37.1 Å². The van der Waals surface area contributed by atoms with Crippen molar-refractivity contribution in [1.29, 1.82) is 0 Å². The van der Waals surface area contributed by atoms with Crippen molar-refractivity contribution in [3.63, 3.8) is 0 Å². The normalized spacial score (nSPS) is 17.5. The van der Waals surface area contributed by atoms with Crippen LogP contribution in [0.2, 0.25) is 0 Å². The molecule has 0 aliphatic heterocycles. The van der Waals surface area contributed by atoms with Crippen molar-refractivity contribution >= 4 is 11.6 Å². The van der Waals surface area contributed by atoms with E-state index in [1.54, 1.807) is 12.1 Å². The largest absolute Gasteiger partial charge is 0.371 e. The number of rotatable bonds is 3. The van der Waals surface area contributed by atoms with Crippen LogP contribution < -0.4 is 11.1 Å². The fourth-order valence-corrected chi connectivity index (χ4v) is 1.37. The smallest absolute Gasteiger partial charge is 0.243 e. The van der Waals surface area contributed by atoms with E-state index < -0.39 is 5.54 Å². The minimum Gasteiger partial charge on any atom is -0.371 e. The fourth-order valence-electron chi connectivity index (χ4n) is 1.37. The highest BCUT2D eigenvalue weighted by atomic mass is 19.1. The Bertz CT molecular complexity index is 357. The van der Waals surface area contributed by atoms with Crippen LogP contribution in [-0.4, -0.2) is 11.4 Å². The molecule has 74 valence electrons. The number of carbonyl (C=O) groups excluding carboxylic acids is 1. The molecule has 0 spiro atoms. The summed E-state index contributed by atoms with van der Waals surface area (Å²) in [6.07, 6.45) is 1.50. The summed E-state index contributed by atoms with van der Waals surface area (Å²) in [5.74, 6) is -0.638. The first-order valence-electron chi connectivity index (χ1n) is 4.46. The third kappa shape index (κ3) is 1.55. The van der Waals surface area contributed by atoms with E-state index >= 15 is 0 Å². The minimum absolute atomic E-state index is 0.292. The molecule has 2 rings (SSSR count). The van der Waals surface area contributed by atoms with Gasteiger partial charge in [-0.3, -0.25) is 4.79 Å². The number of hydrogen-bond donors (Lipinski definition) is 2. The van der Waals surface area contributed by atoms with Gasteiger partial charge < -0.3 is 11.1 Å². The van der Waals surface area contributed by atoms with Crippen LogP contribution in [0.25, 0.3) is 0 Å². The zero-order chi connectivity index (χ0) is 10.2. The number of nitrogens with one attached hydrogen (secondary N) is 1. The summed E-state index contributed by atoms with van der Waals surface area (Å²) >= 11 is 0. The second kappa shape index (κ2) is 2.97. The highest BCUT2D eigenvalue weighted by Crippen LogP contribution is 2.38. The van der Waals surface area contributed by atoms with Crippen molar-refractivity contribution in [2.24, 2.45) is 5.73 Å². The number of amides is 1. The number of benzene rings is 1. The molecule has 1 aliphatic carbocycles. The predicted molar refractivity (Wildman–Crippen MR) is 51.2 cm³/mol. The molecule has 0 heterocycles. The van der Waals surface area contributed by atoms with Gasteiger partial charge in [-0.2, -0.15) is 0 Å². The second-order valence-corrected chi connectivity index (χ2v) is 3.58. The van der Waals surface area contributed by atoms with Crippen molar-refractivity contribution in [3.8, 4) is 0 Å². The van der Waals surface area contributed by atoms with E-state index in [9.17, 15) is 9.18 Å². The highest BCUT2D eigenvalue weighted by Gasteiger charge is 2.48. The lowest BCUT2D eigenvalue weighted by Crippen LogP contribution is -2.37. The SMILES string of the molecule is NC(=O)C1(Nc2ccc(F)cc2)CC1. The first-order valence-corrected chi connectivity index (χ1v) is 4.46. The molecule has 0 bridgehead atoms. The van der Waals surface area contributed by atoms with Crippen LogP contribution in [0, 0.1) is 5.82 Å². The molecular formula is C10H11FN2O. The van der Waals surface area contributed by atoms with Gasteiger partial charge in [-0.25, -0.2) is 4.39 Å². The quantitative estimate of drug-likeness (QED) is 0.761. The molecule has 14 heavy (non-hydrogen) atoms. The van der Waals surface area contributed by atoms with E-state index in [2.05, 4.69) is 5.32 Å². The standard InChI is InChI=1S/C10H11FN2O/c11-7-1-3-8(4-2-7)13-10(5-6-10)9(12)14/h1-4,13H,5-6H2,(H2,12,14). The van der Waals surface area contributed by atoms with Gasteiger partial charge in [0.25, 0.3) is 0 Å². The molecule has 1 aliphatic rings. The maximum Gasteiger partial charge on any atom is 0.243 e. The van der Waals surface area contributed by atoms with Crippen LogP contribution >= 0.6 is 0 Å². The Morgan fingerprint density at radius 3 is 2.36 bits per heavy atom. The molecule has 4 heteroatoms. The number of nitrogens with two attached hydrogens (primary N) is 1. The lowest BCUT2D eigenvalue weighted by Gasteiger charge is -2.14.